The van der Waals surface area contributed by atoms with Crippen LogP contribution in [0.15, 0.2) is 47.5 Å². The molecule has 7 nitrogen and oxygen atoms in total. The Hall–Kier alpha value is -3.45. The number of aryl methyl sites for hydroxylation is 2. The van der Waals surface area contributed by atoms with Crippen molar-refractivity contribution in [2.24, 2.45) is 5.92 Å². The van der Waals surface area contributed by atoms with Crippen molar-refractivity contribution in [1.82, 2.24) is 14.7 Å². The number of benzene rings is 1. The molecule has 1 aliphatic heterocycles. The topological polar surface area (TPSA) is 79.1 Å². The second kappa shape index (κ2) is 9.30. The van der Waals surface area contributed by atoms with Crippen LogP contribution in [0.25, 0.3) is 17.0 Å². The molecule has 0 atom stereocenters. The molecule has 2 aromatic heterocycles. The maximum Gasteiger partial charge on any atom is 0.326 e. The number of aromatic nitrogens is 3. The highest BCUT2D eigenvalue weighted by molar-refractivity contribution is 6.44. The molecule has 0 saturated carbocycles. The van der Waals surface area contributed by atoms with E-state index in [2.05, 4.69) is 5.10 Å². The van der Waals surface area contributed by atoms with Gasteiger partial charge < -0.3 is 0 Å². The second-order valence-corrected chi connectivity index (χ2v) is 10.2. The van der Waals surface area contributed by atoms with Crippen LogP contribution >= 0.6 is 11.6 Å². The Morgan fingerprint density at radius 2 is 1.63 bits per heavy atom. The van der Waals surface area contributed by atoms with Crippen LogP contribution in [0, 0.1) is 19.8 Å². The van der Waals surface area contributed by atoms with Crippen LogP contribution < -0.4 is 10.1 Å². The number of carbonyl (C=O) groups is 2. The third-order valence-corrected chi connectivity index (χ3v) is 6.14. The van der Waals surface area contributed by atoms with Gasteiger partial charge in [-0.05, 0) is 49.9 Å². The second-order valence-electron chi connectivity index (χ2n) is 9.81. The first-order valence-electron chi connectivity index (χ1n) is 11.7. The van der Waals surface area contributed by atoms with Gasteiger partial charge in [-0.25, -0.2) is 4.68 Å². The Balaban J connectivity index is 2.05. The van der Waals surface area contributed by atoms with Gasteiger partial charge in [-0.2, -0.15) is 4.57 Å². The Kier molecular flexibility index (Phi) is 6.56. The lowest BCUT2D eigenvalue weighted by atomic mass is 9.98. The zero-order chi connectivity index (χ0) is 25.6. The van der Waals surface area contributed by atoms with Gasteiger partial charge in [0.1, 0.15) is 5.57 Å². The van der Waals surface area contributed by atoms with Crippen LogP contribution in [0.5, 0.6) is 0 Å². The standard InChI is InChI=1S/C27H29ClN4O3/c1-15(2)12-31-25(33)22(24(27(31)35)30-13-17(5)10-18(6)14-30)21-23(16(3)4)29-32(26(21)34)20-9-7-8-19(28)11-20/h7-11,13-16H,12H2,1-6H3/p+1. The molecule has 8 heteroatoms. The van der Waals surface area contributed by atoms with E-state index < -0.39 is 17.4 Å². The number of hydrogen-bond donors (Lipinski definition) is 1. The Morgan fingerprint density at radius 3 is 2.20 bits per heavy atom. The van der Waals surface area contributed by atoms with Crippen molar-refractivity contribution < 1.29 is 14.2 Å². The molecule has 1 aromatic carbocycles. The van der Waals surface area contributed by atoms with E-state index in [0.717, 1.165) is 11.1 Å². The Morgan fingerprint density at radius 1 is 0.971 bits per heavy atom. The number of aromatic amines is 1. The molecule has 0 aliphatic carbocycles. The Bertz CT molecular complexity index is 1410. The van der Waals surface area contributed by atoms with Gasteiger partial charge in [0.25, 0.3) is 17.2 Å². The fourth-order valence-electron chi connectivity index (χ4n) is 4.51. The lowest BCUT2D eigenvalue weighted by Gasteiger charge is -2.16. The van der Waals surface area contributed by atoms with Gasteiger partial charge in [-0.3, -0.25) is 24.4 Å². The molecule has 3 heterocycles. The van der Waals surface area contributed by atoms with Gasteiger partial charge in [0, 0.05) is 28.4 Å². The maximum absolute atomic E-state index is 13.8. The summed E-state index contributed by atoms with van der Waals surface area (Å²) in [6, 6.07) is 8.91. The third-order valence-electron chi connectivity index (χ3n) is 5.90. The molecule has 4 rings (SSSR count). The van der Waals surface area contributed by atoms with Crippen LogP contribution in [0.2, 0.25) is 5.02 Å². The van der Waals surface area contributed by atoms with Crippen molar-refractivity contribution in [1.29, 1.82) is 0 Å². The molecule has 0 fully saturated rings. The molecular weight excluding hydrogens is 464 g/mol. The number of hydrogen-bond acceptors (Lipinski definition) is 3. The van der Waals surface area contributed by atoms with Crippen LogP contribution in [0.3, 0.4) is 0 Å². The largest absolute Gasteiger partial charge is 0.326 e. The number of amides is 2. The van der Waals surface area contributed by atoms with E-state index in [1.807, 2.05) is 60.0 Å². The van der Waals surface area contributed by atoms with E-state index in [4.69, 9.17) is 11.6 Å². The van der Waals surface area contributed by atoms with Gasteiger partial charge in [0.05, 0.1) is 11.3 Å². The minimum atomic E-state index is -0.457. The van der Waals surface area contributed by atoms with Crippen LogP contribution in [0.1, 0.15) is 56.0 Å². The molecule has 3 aromatic rings. The predicted octanol–water partition coefficient (Wildman–Crippen LogP) is 4.24. The zero-order valence-corrected chi connectivity index (χ0v) is 21.6. The normalized spacial score (nSPS) is 14.3. The summed E-state index contributed by atoms with van der Waals surface area (Å²) in [5.74, 6) is -0.898. The highest BCUT2D eigenvalue weighted by Crippen LogP contribution is 2.33. The summed E-state index contributed by atoms with van der Waals surface area (Å²) >= 11 is 6.18. The number of carbonyl (C=O) groups excluding carboxylic acids is 2. The molecular formula is C27H30ClN4O3+. The van der Waals surface area contributed by atoms with Crippen LogP contribution in [-0.4, -0.2) is 33.0 Å². The fourth-order valence-corrected chi connectivity index (χ4v) is 4.69. The number of nitrogens with one attached hydrogen (secondary N) is 1. The summed E-state index contributed by atoms with van der Waals surface area (Å²) in [7, 11) is 0. The molecule has 0 unspecified atom stereocenters. The quantitative estimate of drug-likeness (QED) is 0.412. The lowest BCUT2D eigenvalue weighted by Crippen LogP contribution is -2.41. The van der Waals surface area contributed by atoms with Crippen molar-refractivity contribution in [2.45, 2.75) is 47.5 Å². The van der Waals surface area contributed by atoms with Crippen molar-refractivity contribution in [2.75, 3.05) is 6.54 Å². The molecule has 1 N–H and O–H groups in total. The molecule has 0 radical (unpaired) electrons. The lowest BCUT2D eigenvalue weighted by molar-refractivity contribution is -0.577. The van der Waals surface area contributed by atoms with E-state index in [1.165, 1.54) is 9.58 Å². The van der Waals surface area contributed by atoms with E-state index in [0.29, 0.717) is 16.4 Å². The van der Waals surface area contributed by atoms with Gasteiger partial charge in [0.2, 0.25) is 0 Å². The van der Waals surface area contributed by atoms with Crippen molar-refractivity contribution in [3.8, 4) is 5.69 Å². The fraction of sp³-hybridized carbons (Fsp3) is 0.333. The summed E-state index contributed by atoms with van der Waals surface area (Å²) in [6.45, 7) is 11.9. The molecule has 35 heavy (non-hydrogen) atoms. The number of H-pyrrole nitrogens is 1. The third kappa shape index (κ3) is 4.48. The number of pyridine rings is 1. The molecule has 0 bridgehead atoms. The summed E-state index contributed by atoms with van der Waals surface area (Å²) in [5.41, 5.74) is 3.14. The number of halogens is 1. The minimum absolute atomic E-state index is 0.0756. The summed E-state index contributed by atoms with van der Waals surface area (Å²) < 4.78 is 3.07. The number of imide groups is 1. The summed E-state index contributed by atoms with van der Waals surface area (Å²) in [5, 5.41) is 3.66. The predicted molar refractivity (Wildman–Crippen MR) is 136 cm³/mol. The van der Waals surface area contributed by atoms with Gasteiger partial charge in [-0.1, -0.05) is 45.4 Å². The molecule has 0 spiro atoms. The average molecular weight is 494 g/mol. The molecule has 2 amide bonds. The van der Waals surface area contributed by atoms with Gasteiger partial charge in [0.15, 0.2) is 12.4 Å². The van der Waals surface area contributed by atoms with E-state index in [1.54, 1.807) is 28.8 Å². The van der Waals surface area contributed by atoms with Crippen LogP contribution in [-0.2, 0) is 9.59 Å². The average Bonchev–Trinajstić information content (AvgIpc) is 3.22. The summed E-state index contributed by atoms with van der Waals surface area (Å²) in [4.78, 5) is 42.5. The van der Waals surface area contributed by atoms with E-state index in [9.17, 15) is 14.4 Å². The smallest absolute Gasteiger partial charge is 0.294 e. The Labute approximate surface area is 209 Å². The van der Waals surface area contributed by atoms with Crippen LogP contribution in [0.4, 0.5) is 0 Å². The first kappa shape index (κ1) is 24.7. The highest BCUT2D eigenvalue weighted by atomic mass is 35.5. The number of rotatable bonds is 6. The zero-order valence-electron chi connectivity index (χ0n) is 20.8. The highest BCUT2D eigenvalue weighted by Gasteiger charge is 2.47. The first-order valence-corrected chi connectivity index (χ1v) is 12.1. The minimum Gasteiger partial charge on any atom is -0.294 e. The van der Waals surface area contributed by atoms with Crippen molar-refractivity contribution >= 4 is 34.7 Å². The van der Waals surface area contributed by atoms with Crippen molar-refractivity contribution in [3.63, 3.8) is 0 Å². The number of nitrogens with zero attached hydrogens (tertiary/aromatic N) is 3. The van der Waals surface area contributed by atoms with E-state index in [-0.39, 0.29) is 35.2 Å². The van der Waals surface area contributed by atoms with E-state index >= 15 is 0 Å². The monoisotopic (exact) mass is 493 g/mol. The maximum atomic E-state index is 13.8. The molecule has 182 valence electrons. The van der Waals surface area contributed by atoms with Gasteiger partial charge >= 0.3 is 5.91 Å². The molecule has 1 aliphatic rings. The summed E-state index contributed by atoms with van der Waals surface area (Å²) in [6.07, 6.45) is 3.62. The van der Waals surface area contributed by atoms with Crippen molar-refractivity contribution in [3.05, 3.63) is 80.5 Å². The first-order chi connectivity index (χ1) is 16.5. The molecule has 0 saturated heterocycles. The SMILES string of the molecule is Cc1cc(C)c[n+](C2=C(c3c(C(C)C)[nH]n(-c4cccc(Cl)c4)c3=O)C(=O)N(CC(C)C)C2=O)c1. The van der Waals surface area contributed by atoms with Gasteiger partial charge in [-0.15, -0.1) is 0 Å².